The van der Waals surface area contributed by atoms with Crippen molar-refractivity contribution in [2.75, 3.05) is 18.8 Å². The number of hydrogen-bond acceptors (Lipinski definition) is 5. The largest absolute Gasteiger partial charge is 0.342 e. The van der Waals surface area contributed by atoms with Gasteiger partial charge in [0.05, 0.1) is 5.75 Å². The highest BCUT2D eigenvalue weighted by Crippen LogP contribution is 2.35. The number of amides is 1. The minimum atomic E-state index is 0.218. The number of aromatic nitrogens is 2. The molecule has 4 nitrogen and oxygen atoms in total. The molecule has 20 heavy (non-hydrogen) atoms. The third-order valence-electron chi connectivity index (χ3n) is 3.65. The Morgan fingerprint density at radius 3 is 2.70 bits per heavy atom. The first-order valence-corrected chi connectivity index (χ1v) is 8.51. The normalized spacial score (nSPS) is 14.7. The topological polar surface area (TPSA) is 46.1 Å². The monoisotopic (exact) mass is 307 g/mol. The number of aryl methyl sites for hydroxylation is 3. The molecule has 0 unspecified atom stereocenters. The van der Waals surface area contributed by atoms with Crippen LogP contribution in [0, 0.1) is 20.8 Å². The van der Waals surface area contributed by atoms with Gasteiger partial charge >= 0.3 is 0 Å². The van der Waals surface area contributed by atoms with Gasteiger partial charge in [0, 0.05) is 23.4 Å². The van der Waals surface area contributed by atoms with Crippen LogP contribution in [0.2, 0.25) is 0 Å². The van der Waals surface area contributed by atoms with Crippen molar-refractivity contribution in [3.63, 3.8) is 0 Å². The molecule has 0 saturated carbocycles. The Morgan fingerprint density at radius 2 is 2.05 bits per heavy atom. The first-order valence-electron chi connectivity index (χ1n) is 6.71. The van der Waals surface area contributed by atoms with Gasteiger partial charge in [-0.25, -0.2) is 9.97 Å². The lowest BCUT2D eigenvalue weighted by Gasteiger charge is -2.30. The lowest BCUT2D eigenvalue weighted by Crippen LogP contribution is -2.43. The van der Waals surface area contributed by atoms with Crippen LogP contribution in [-0.2, 0) is 4.79 Å². The van der Waals surface area contributed by atoms with E-state index >= 15 is 0 Å². The highest BCUT2D eigenvalue weighted by Gasteiger charge is 2.21. The van der Waals surface area contributed by atoms with Gasteiger partial charge in [0.1, 0.15) is 15.7 Å². The summed E-state index contributed by atoms with van der Waals surface area (Å²) in [4.78, 5) is 25.2. The van der Waals surface area contributed by atoms with E-state index in [1.165, 1.54) is 10.4 Å². The van der Waals surface area contributed by atoms with Gasteiger partial charge in [0.25, 0.3) is 0 Å². The molecule has 1 aliphatic rings. The van der Waals surface area contributed by atoms with E-state index in [1.807, 2.05) is 11.8 Å². The number of fused-ring (bicyclic) bond motifs is 1. The van der Waals surface area contributed by atoms with Crippen molar-refractivity contribution in [3.8, 4) is 0 Å². The van der Waals surface area contributed by atoms with Crippen LogP contribution in [0.15, 0.2) is 5.03 Å². The Labute approximate surface area is 126 Å². The summed E-state index contributed by atoms with van der Waals surface area (Å²) in [6.07, 6.45) is 1.14. The van der Waals surface area contributed by atoms with Crippen molar-refractivity contribution in [3.05, 3.63) is 16.3 Å². The van der Waals surface area contributed by atoms with Gasteiger partial charge in [-0.1, -0.05) is 11.8 Å². The average Bonchev–Trinajstić information content (AvgIpc) is 2.59. The summed E-state index contributed by atoms with van der Waals surface area (Å²) < 4.78 is 0. The van der Waals surface area contributed by atoms with Gasteiger partial charge in [0.2, 0.25) is 5.91 Å². The summed E-state index contributed by atoms with van der Waals surface area (Å²) in [5.41, 5.74) is 1.24. The third-order valence-corrected chi connectivity index (χ3v) is 5.71. The van der Waals surface area contributed by atoms with Crippen LogP contribution in [0.1, 0.15) is 22.7 Å². The van der Waals surface area contributed by atoms with E-state index in [1.54, 1.807) is 23.1 Å². The molecule has 0 bridgehead atoms. The van der Waals surface area contributed by atoms with Gasteiger partial charge in [-0.05, 0) is 32.8 Å². The molecule has 0 spiro atoms. The van der Waals surface area contributed by atoms with Crippen LogP contribution in [0.5, 0.6) is 0 Å². The smallest absolute Gasteiger partial charge is 0.232 e. The second-order valence-electron chi connectivity index (χ2n) is 5.06. The van der Waals surface area contributed by atoms with E-state index in [4.69, 9.17) is 0 Å². The molecular formula is C14H17N3OS2. The first kappa shape index (κ1) is 13.8. The summed E-state index contributed by atoms with van der Waals surface area (Å²) in [6, 6.07) is 0. The minimum Gasteiger partial charge on any atom is -0.342 e. The number of nitrogens with zero attached hydrogens (tertiary/aromatic N) is 3. The number of carbonyl (C=O) groups is 1. The standard InChI is InChI=1S/C14H17N3OS2/c1-8-9(2)20-14-12(8)13(15-10(3)16-14)19-7-11(18)17-5-4-6-17/h4-7H2,1-3H3. The molecule has 0 aromatic carbocycles. The van der Waals surface area contributed by atoms with Crippen molar-refractivity contribution < 1.29 is 4.79 Å². The molecule has 3 heterocycles. The van der Waals surface area contributed by atoms with Gasteiger partial charge in [-0.15, -0.1) is 11.3 Å². The number of hydrogen-bond donors (Lipinski definition) is 0. The number of likely N-dealkylation sites (tertiary alicyclic amines) is 1. The maximum atomic E-state index is 12.0. The predicted molar refractivity (Wildman–Crippen MR) is 83.5 cm³/mol. The second-order valence-corrected chi connectivity index (χ2v) is 7.23. The molecule has 1 fully saturated rings. The van der Waals surface area contributed by atoms with Crippen LogP contribution in [0.4, 0.5) is 0 Å². The summed E-state index contributed by atoms with van der Waals surface area (Å²) in [5.74, 6) is 1.47. The molecule has 1 aliphatic heterocycles. The van der Waals surface area contributed by atoms with E-state index in [0.717, 1.165) is 40.6 Å². The molecule has 1 saturated heterocycles. The highest BCUT2D eigenvalue weighted by atomic mass is 32.2. The molecule has 0 atom stereocenters. The summed E-state index contributed by atoms with van der Waals surface area (Å²) >= 11 is 3.25. The maximum absolute atomic E-state index is 12.0. The number of rotatable bonds is 3. The summed E-state index contributed by atoms with van der Waals surface area (Å²) in [5, 5.41) is 2.07. The van der Waals surface area contributed by atoms with E-state index in [9.17, 15) is 4.79 Å². The Balaban J connectivity index is 1.88. The zero-order chi connectivity index (χ0) is 14.3. The van der Waals surface area contributed by atoms with Crippen molar-refractivity contribution in [1.82, 2.24) is 14.9 Å². The van der Waals surface area contributed by atoms with Crippen molar-refractivity contribution in [1.29, 1.82) is 0 Å². The minimum absolute atomic E-state index is 0.218. The molecule has 2 aromatic heterocycles. The Hall–Kier alpha value is -1.14. The number of carbonyl (C=O) groups excluding carboxylic acids is 1. The molecule has 1 amide bonds. The highest BCUT2D eigenvalue weighted by molar-refractivity contribution is 8.00. The fraction of sp³-hybridized carbons (Fsp3) is 0.500. The van der Waals surface area contributed by atoms with E-state index < -0.39 is 0 Å². The molecule has 6 heteroatoms. The fourth-order valence-corrected chi connectivity index (χ4v) is 4.38. The van der Waals surface area contributed by atoms with Crippen LogP contribution in [0.3, 0.4) is 0 Å². The Morgan fingerprint density at radius 1 is 1.30 bits per heavy atom. The Kier molecular flexibility index (Phi) is 3.69. The molecule has 0 aliphatic carbocycles. The third kappa shape index (κ3) is 2.42. The fourth-order valence-electron chi connectivity index (χ4n) is 2.21. The zero-order valence-corrected chi connectivity index (χ0v) is 13.5. The van der Waals surface area contributed by atoms with Crippen molar-refractivity contribution in [2.24, 2.45) is 0 Å². The average molecular weight is 307 g/mol. The van der Waals surface area contributed by atoms with Crippen LogP contribution in [-0.4, -0.2) is 39.6 Å². The molecule has 2 aromatic rings. The first-order chi connectivity index (χ1) is 9.56. The molecular weight excluding hydrogens is 290 g/mol. The van der Waals surface area contributed by atoms with Crippen LogP contribution >= 0.6 is 23.1 Å². The SMILES string of the molecule is Cc1nc(SCC(=O)N2CCC2)c2c(C)c(C)sc2n1. The number of thiophene rings is 1. The van der Waals surface area contributed by atoms with E-state index in [2.05, 4.69) is 23.8 Å². The zero-order valence-electron chi connectivity index (χ0n) is 11.9. The quantitative estimate of drug-likeness (QED) is 0.646. The molecule has 3 rings (SSSR count). The van der Waals surface area contributed by atoms with Gasteiger partial charge in [-0.2, -0.15) is 0 Å². The van der Waals surface area contributed by atoms with Crippen LogP contribution in [0.25, 0.3) is 10.2 Å². The van der Waals surface area contributed by atoms with Crippen molar-refractivity contribution in [2.45, 2.75) is 32.2 Å². The van der Waals surface area contributed by atoms with Gasteiger partial charge < -0.3 is 4.90 Å². The lowest BCUT2D eigenvalue weighted by molar-refractivity contribution is -0.131. The molecule has 0 radical (unpaired) electrons. The van der Waals surface area contributed by atoms with E-state index in [0.29, 0.717) is 5.75 Å². The molecule has 0 N–H and O–H groups in total. The van der Waals surface area contributed by atoms with Crippen molar-refractivity contribution >= 4 is 39.2 Å². The summed E-state index contributed by atoms with van der Waals surface area (Å²) in [6.45, 7) is 7.94. The maximum Gasteiger partial charge on any atom is 0.232 e. The Bertz CT molecular complexity index is 677. The summed E-state index contributed by atoms with van der Waals surface area (Å²) in [7, 11) is 0. The number of thioether (sulfide) groups is 1. The van der Waals surface area contributed by atoms with E-state index in [-0.39, 0.29) is 5.91 Å². The molecule has 106 valence electrons. The second kappa shape index (κ2) is 5.33. The lowest BCUT2D eigenvalue weighted by atomic mass is 10.2. The van der Waals surface area contributed by atoms with Gasteiger partial charge in [0.15, 0.2) is 0 Å². The van der Waals surface area contributed by atoms with Gasteiger partial charge in [-0.3, -0.25) is 4.79 Å². The predicted octanol–water partition coefficient (Wildman–Crippen LogP) is 2.94. The van der Waals surface area contributed by atoms with Crippen LogP contribution < -0.4 is 0 Å².